The lowest BCUT2D eigenvalue weighted by atomic mass is 9.32. The highest BCUT2D eigenvalue weighted by atomic mass is 16.6. The third-order valence-corrected chi connectivity index (χ3v) is 13.1. The van der Waals surface area contributed by atoms with Crippen LogP contribution in [0.25, 0.3) is 0 Å². The second-order valence-electron chi connectivity index (χ2n) is 14.4. The van der Waals surface area contributed by atoms with E-state index >= 15 is 4.79 Å². The Morgan fingerprint density at radius 2 is 1.64 bits per heavy atom. The highest BCUT2D eigenvalue weighted by Crippen LogP contribution is 2.83. The monoisotopic (exact) mass is 588 g/mol. The van der Waals surface area contributed by atoms with Gasteiger partial charge in [-0.15, -0.1) is 0 Å². The van der Waals surface area contributed by atoms with Gasteiger partial charge < -0.3 is 38.7 Å². The lowest BCUT2D eigenvalue weighted by Crippen LogP contribution is -2.83. The average Bonchev–Trinajstić information content (AvgIpc) is 3.26. The van der Waals surface area contributed by atoms with Crippen LogP contribution in [-0.4, -0.2) is 81.6 Å². The van der Waals surface area contributed by atoms with E-state index in [-0.39, 0.29) is 31.5 Å². The first-order chi connectivity index (χ1) is 19.5. The number of hydrogen-bond acceptors (Lipinski definition) is 11. The maximum absolute atomic E-state index is 15.1. The van der Waals surface area contributed by atoms with E-state index in [0.29, 0.717) is 6.42 Å². The Labute approximate surface area is 243 Å². The molecular formula is C31H40O11. The van der Waals surface area contributed by atoms with Crippen LogP contribution in [0.15, 0.2) is 23.0 Å². The van der Waals surface area contributed by atoms with Crippen molar-refractivity contribution in [1.29, 1.82) is 0 Å². The van der Waals surface area contributed by atoms with Crippen molar-refractivity contribution in [3.05, 3.63) is 24.2 Å². The summed E-state index contributed by atoms with van der Waals surface area (Å²) in [6.07, 6.45) is -1.02. The summed E-state index contributed by atoms with van der Waals surface area (Å²) in [7, 11) is 0. The molecule has 1 spiro atoms. The van der Waals surface area contributed by atoms with Gasteiger partial charge in [0.2, 0.25) is 0 Å². The molecule has 4 aliphatic carbocycles. The van der Waals surface area contributed by atoms with E-state index in [2.05, 4.69) is 0 Å². The summed E-state index contributed by atoms with van der Waals surface area (Å²) in [5.41, 5.74) is -5.05. The standard InChI is InChI=1S/C31H40O11/c1-14(32)40-21-11-20(35)30-13-39-29(6,37)27(21,4)18(30)10-19(34)28(5)24(30)23(36)25(41-15(2)33)26(3)17(16-7-8-38-12-16)9-22-31(26,28)42-22/h7-8,12,17-22,24-25,34-35,37H,9-11,13H2,1-6H3/t17-,18+,19+,20-,21-,22-,24-,25-,26+,27+,28-,29+,30+,31+/m0/s1. The second kappa shape index (κ2) is 8.24. The average molecular weight is 589 g/mol. The lowest BCUT2D eigenvalue weighted by molar-refractivity contribution is -0.410. The van der Waals surface area contributed by atoms with Crippen molar-refractivity contribution in [3.63, 3.8) is 0 Å². The molecule has 11 nitrogen and oxygen atoms in total. The van der Waals surface area contributed by atoms with Gasteiger partial charge in [0, 0.05) is 42.9 Å². The van der Waals surface area contributed by atoms with Crippen molar-refractivity contribution in [2.24, 2.45) is 33.5 Å². The molecule has 0 unspecified atom stereocenters. The van der Waals surface area contributed by atoms with Crippen molar-refractivity contribution in [1.82, 2.24) is 0 Å². The fourth-order valence-electron chi connectivity index (χ4n) is 11.3. The van der Waals surface area contributed by atoms with Crippen molar-refractivity contribution >= 4 is 17.7 Å². The fraction of sp³-hybridized carbons (Fsp3) is 0.774. The largest absolute Gasteiger partial charge is 0.472 e. The van der Waals surface area contributed by atoms with E-state index < -0.39 is 87.0 Å². The molecular weight excluding hydrogens is 548 g/mol. The summed E-state index contributed by atoms with van der Waals surface area (Å²) in [4.78, 5) is 39.9. The molecule has 6 aliphatic rings. The van der Waals surface area contributed by atoms with Gasteiger partial charge in [0.05, 0.1) is 48.3 Å². The number of Topliss-reactive ketones (excluding diaryl/α,β-unsaturated/α-hetero) is 1. The van der Waals surface area contributed by atoms with E-state index in [1.807, 2.05) is 19.9 Å². The van der Waals surface area contributed by atoms with Gasteiger partial charge >= 0.3 is 11.9 Å². The fourth-order valence-corrected chi connectivity index (χ4v) is 11.3. The molecule has 0 amide bonds. The Morgan fingerprint density at radius 1 is 0.952 bits per heavy atom. The molecule has 14 atom stereocenters. The van der Waals surface area contributed by atoms with Gasteiger partial charge in [-0.2, -0.15) is 0 Å². The minimum atomic E-state index is -1.80. The van der Waals surface area contributed by atoms with Gasteiger partial charge in [0.1, 0.15) is 11.7 Å². The number of fused-ring (bicyclic) bond motifs is 1. The van der Waals surface area contributed by atoms with E-state index in [1.165, 1.54) is 20.8 Å². The Morgan fingerprint density at radius 3 is 2.26 bits per heavy atom. The van der Waals surface area contributed by atoms with Crippen LogP contribution in [0.1, 0.15) is 72.3 Å². The molecule has 4 saturated carbocycles. The number of aliphatic hydroxyl groups excluding tert-OH is 2. The number of hydrogen-bond donors (Lipinski definition) is 3. The Balaban J connectivity index is 1.45. The van der Waals surface area contributed by atoms with Gasteiger partial charge in [0.25, 0.3) is 0 Å². The van der Waals surface area contributed by atoms with Gasteiger partial charge in [-0.25, -0.2) is 0 Å². The molecule has 11 heteroatoms. The quantitative estimate of drug-likeness (QED) is 0.349. The number of carbonyl (C=O) groups is 3. The summed E-state index contributed by atoms with van der Waals surface area (Å²) in [5.74, 6) is -5.43. The molecule has 2 saturated heterocycles. The molecule has 1 aromatic rings. The Kier molecular flexibility index (Phi) is 5.58. The van der Waals surface area contributed by atoms with Crippen molar-refractivity contribution in [2.75, 3.05) is 6.61 Å². The summed E-state index contributed by atoms with van der Waals surface area (Å²) in [6, 6.07) is 1.84. The zero-order chi connectivity index (χ0) is 30.4. The maximum atomic E-state index is 15.1. The number of rotatable bonds is 3. The van der Waals surface area contributed by atoms with Crippen molar-refractivity contribution in [2.45, 2.75) is 109 Å². The molecule has 0 radical (unpaired) electrons. The molecule has 0 aromatic carbocycles. The minimum absolute atomic E-state index is 0.0352. The summed E-state index contributed by atoms with van der Waals surface area (Å²) >= 11 is 0. The zero-order valence-electron chi connectivity index (χ0n) is 24.8. The number of furan rings is 1. The first-order valence-corrected chi connectivity index (χ1v) is 14.9. The number of aliphatic hydroxyl groups is 3. The van der Waals surface area contributed by atoms with E-state index in [1.54, 1.807) is 19.5 Å². The van der Waals surface area contributed by atoms with Crippen molar-refractivity contribution in [3.8, 4) is 0 Å². The van der Waals surface area contributed by atoms with E-state index in [4.69, 9.17) is 23.4 Å². The van der Waals surface area contributed by atoms with Crippen LogP contribution in [-0.2, 0) is 33.3 Å². The van der Waals surface area contributed by atoms with Crippen LogP contribution in [0.2, 0.25) is 0 Å². The molecule has 6 fully saturated rings. The highest BCUT2D eigenvalue weighted by molar-refractivity contribution is 5.93. The van der Waals surface area contributed by atoms with Gasteiger partial charge in [0.15, 0.2) is 17.7 Å². The van der Waals surface area contributed by atoms with Crippen LogP contribution < -0.4 is 0 Å². The SMILES string of the molecule is CC(=O)O[C@H]1C[C@H](O)[C@@]23CO[C@@](C)(O)[C@]1(C)[C@H]2C[C@@H](O)[C@@]1(C)[C@@H]3C(=O)[C@H](OC(C)=O)[C@@]2(C)[C@H](c3ccoc3)C[C@@H]3O[C@@]312. The van der Waals surface area contributed by atoms with Crippen LogP contribution >= 0.6 is 0 Å². The number of esters is 2. The molecule has 1 aromatic heterocycles. The smallest absolute Gasteiger partial charge is 0.303 e. The topological polar surface area (TPSA) is 165 Å². The molecule has 7 rings (SSSR count). The van der Waals surface area contributed by atoms with Crippen LogP contribution in [0.3, 0.4) is 0 Å². The summed E-state index contributed by atoms with van der Waals surface area (Å²) < 4.78 is 29.8. The van der Waals surface area contributed by atoms with Crippen LogP contribution in [0, 0.1) is 33.5 Å². The van der Waals surface area contributed by atoms with Crippen molar-refractivity contribution < 1.29 is 53.1 Å². The predicted molar refractivity (Wildman–Crippen MR) is 141 cm³/mol. The Bertz CT molecular complexity index is 1360. The normalized spacial score (nSPS) is 55.5. The maximum Gasteiger partial charge on any atom is 0.303 e. The molecule has 3 heterocycles. The first-order valence-electron chi connectivity index (χ1n) is 14.9. The van der Waals surface area contributed by atoms with Crippen LogP contribution in [0.5, 0.6) is 0 Å². The van der Waals surface area contributed by atoms with Crippen LogP contribution in [0.4, 0.5) is 0 Å². The number of ketones is 1. The Hall–Kier alpha value is -2.31. The molecule has 230 valence electrons. The highest BCUT2D eigenvalue weighted by Gasteiger charge is 2.93. The van der Waals surface area contributed by atoms with E-state index in [0.717, 1.165) is 5.56 Å². The number of carbonyl (C=O) groups excluding carboxylic acids is 3. The van der Waals surface area contributed by atoms with Gasteiger partial charge in [-0.05, 0) is 37.3 Å². The van der Waals surface area contributed by atoms with Gasteiger partial charge in [-0.3, -0.25) is 14.4 Å². The third kappa shape index (κ3) is 2.84. The number of epoxide rings is 1. The lowest BCUT2D eigenvalue weighted by Gasteiger charge is -2.74. The van der Waals surface area contributed by atoms with E-state index in [9.17, 15) is 24.9 Å². The molecule has 2 bridgehead atoms. The summed E-state index contributed by atoms with van der Waals surface area (Å²) in [6.45, 7) is 9.35. The second-order valence-corrected chi connectivity index (χ2v) is 14.4. The molecule has 2 aliphatic heterocycles. The third-order valence-electron chi connectivity index (χ3n) is 13.1. The number of ether oxygens (including phenoxy) is 4. The zero-order valence-corrected chi connectivity index (χ0v) is 24.8. The van der Waals surface area contributed by atoms with Gasteiger partial charge in [-0.1, -0.05) is 20.8 Å². The predicted octanol–water partition coefficient (Wildman–Crippen LogP) is 1.86. The summed E-state index contributed by atoms with van der Waals surface area (Å²) in [5, 5.41) is 36.0. The molecule has 42 heavy (non-hydrogen) atoms. The minimum Gasteiger partial charge on any atom is -0.472 e. The molecule has 3 N–H and O–H groups in total. The first kappa shape index (κ1) is 28.5.